The van der Waals surface area contributed by atoms with Crippen LogP contribution in [-0.4, -0.2) is 66.0 Å². The van der Waals surface area contributed by atoms with Gasteiger partial charge in [-0.3, -0.25) is 4.79 Å². The number of ether oxygens (including phenoxy) is 1. The van der Waals surface area contributed by atoms with Crippen molar-refractivity contribution >= 4 is 28.6 Å². The molecule has 1 atom stereocenters. The van der Waals surface area contributed by atoms with Gasteiger partial charge in [-0.05, 0) is 16.8 Å². The maximum atomic E-state index is 13.0. The number of nitrogens with zero attached hydrogens (tertiary/aromatic N) is 2. The number of fused-ring (bicyclic) bond motifs is 1. The highest BCUT2D eigenvalue weighted by Gasteiger charge is 2.48. The number of halogens is 6. The standard InChI is InChI=1S/C19H14F6N2O5/c20-18(21,22)16(29)31-14-10-26(8-9-27(14)32-17(30)19(23,24)25)15(28)13-7-3-5-11-4-1-2-6-12(11)13/h1-7,14H,8-10H2. The average Bonchev–Trinajstić information content (AvgIpc) is 2.72. The minimum Gasteiger partial charge on any atom is -0.435 e. The summed E-state index contributed by atoms with van der Waals surface area (Å²) >= 11 is 0. The number of hydrogen-bond donors (Lipinski definition) is 0. The van der Waals surface area contributed by atoms with Crippen LogP contribution in [0.3, 0.4) is 0 Å². The van der Waals surface area contributed by atoms with Crippen LogP contribution < -0.4 is 0 Å². The van der Waals surface area contributed by atoms with Gasteiger partial charge < -0.3 is 14.5 Å². The molecule has 3 rings (SSSR count). The van der Waals surface area contributed by atoms with Gasteiger partial charge in [0, 0.05) is 12.1 Å². The molecule has 1 amide bonds. The van der Waals surface area contributed by atoms with E-state index in [0.717, 1.165) is 4.90 Å². The molecular formula is C19H14F6N2O5. The normalized spacial score (nSPS) is 17.8. The maximum absolute atomic E-state index is 13.0. The number of carbonyl (C=O) groups is 3. The topological polar surface area (TPSA) is 76.2 Å². The Kier molecular flexibility index (Phi) is 6.30. The summed E-state index contributed by atoms with van der Waals surface area (Å²) in [7, 11) is 0. The minimum absolute atomic E-state index is 0.159. The minimum atomic E-state index is -5.46. The molecule has 1 unspecified atom stereocenters. The van der Waals surface area contributed by atoms with E-state index in [9.17, 15) is 40.7 Å². The van der Waals surface area contributed by atoms with E-state index in [1.54, 1.807) is 36.4 Å². The Morgan fingerprint density at radius 3 is 2.12 bits per heavy atom. The van der Waals surface area contributed by atoms with Crippen molar-refractivity contribution in [2.45, 2.75) is 18.6 Å². The number of benzene rings is 2. The summed E-state index contributed by atoms with van der Waals surface area (Å²) in [6.45, 7) is -1.71. The summed E-state index contributed by atoms with van der Waals surface area (Å²) < 4.78 is 79.6. The van der Waals surface area contributed by atoms with E-state index < -0.39 is 49.5 Å². The highest BCUT2D eigenvalue weighted by Crippen LogP contribution is 2.25. The van der Waals surface area contributed by atoms with Crippen LogP contribution in [0, 0.1) is 0 Å². The van der Waals surface area contributed by atoms with Gasteiger partial charge in [-0.2, -0.15) is 26.3 Å². The number of esters is 1. The van der Waals surface area contributed by atoms with Crippen LogP contribution in [-0.2, 0) is 19.2 Å². The number of hydrogen-bond acceptors (Lipinski definition) is 6. The van der Waals surface area contributed by atoms with Gasteiger partial charge in [0.1, 0.15) is 0 Å². The van der Waals surface area contributed by atoms with Gasteiger partial charge >= 0.3 is 24.3 Å². The average molecular weight is 464 g/mol. The van der Waals surface area contributed by atoms with Crippen molar-refractivity contribution in [3.63, 3.8) is 0 Å². The molecule has 0 N–H and O–H groups in total. The lowest BCUT2D eigenvalue weighted by Gasteiger charge is -2.39. The molecular weight excluding hydrogens is 450 g/mol. The number of carbonyl (C=O) groups excluding carboxylic acids is 3. The molecule has 7 nitrogen and oxygen atoms in total. The monoisotopic (exact) mass is 464 g/mol. The highest BCUT2D eigenvalue weighted by molar-refractivity contribution is 6.07. The summed E-state index contributed by atoms with van der Waals surface area (Å²) in [5, 5.41) is 1.40. The first-order valence-electron chi connectivity index (χ1n) is 8.98. The van der Waals surface area contributed by atoms with Crippen molar-refractivity contribution in [2.75, 3.05) is 19.6 Å². The predicted octanol–water partition coefficient (Wildman–Crippen LogP) is 3.05. The lowest BCUT2D eigenvalue weighted by atomic mass is 10.0. The molecule has 1 aliphatic heterocycles. The maximum Gasteiger partial charge on any atom is 0.492 e. The summed E-state index contributed by atoms with van der Waals surface area (Å²) in [6.07, 6.45) is -13.0. The van der Waals surface area contributed by atoms with E-state index in [1.165, 1.54) is 6.07 Å². The lowest BCUT2D eigenvalue weighted by Crippen LogP contribution is -2.57. The van der Waals surface area contributed by atoms with E-state index in [1.807, 2.05) is 0 Å². The zero-order valence-corrected chi connectivity index (χ0v) is 15.9. The van der Waals surface area contributed by atoms with Crippen molar-refractivity contribution in [1.29, 1.82) is 0 Å². The molecule has 2 aromatic rings. The molecule has 0 spiro atoms. The van der Waals surface area contributed by atoms with Crippen LogP contribution in [0.25, 0.3) is 10.8 Å². The number of hydroxylamine groups is 2. The molecule has 1 aliphatic rings. The van der Waals surface area contributed by atoms with Crippen LogP contribution in [0.15, 0.2) is 42.5 Å². The van der Waals surface area contributed by atoms with Crippen molar-refractivity contribution in [3.8, 4) is 0 Å². The molecule has 1 fully saturated rings. The van der Waals surface area contributed by atoms with Gasteiger partial charge in [-0.25, -0.2) is 9.59 Å². The van der Waals surface area contributed by atoms with E-state index in [2.05, 4.69) is 9.57 Å². The predicted molar refractivity (Wildman–Crippen MR) is 94.6 cm³/mol. The SMILES string of the molecule is O=C(c1cccc2ccccc12)N1CCN(OC(=O)C(F)(F)F)C(OC(=O)C(F)(F)F)C1. The highest BCUT2D eigenvalue weighted by atomic mass is 19.4. The number of rotatable bonds is 3. The first-order valence-corrected chi connectivity index (χ1v) is 8.98. The molecule has 0 bridgehead atoms. The van der Waals surface area contributed by atoms with Gasteiger partial charge in [0.25, 0.3) is 5.91 Å². The van der Waals surface area contributed by atoms with Gasteiger partial charge in [-0.15, -0.1) is 0 Å². The molecule has 1 heterocycles. The van der Waals surface area contributed by atoms with Crippen LogP contribution in [0.4, 0.5) is 26.3 Å². The Labute approximate surface area is 176 Å². The largest absolute Gasteiger partial charge is 0.492 e. The van der Waals surface area contributed by atoms with Crippen molar-refractivity contribution in [3.05, 3.63) is 48.0 Å². The second kappa shape index (κ2) is 8.65. The quantitative estimate of drug-likeness (QED) is 0.514. The van der Waals surface area contributed by atoms with Gasteiger partial charge in [-0.1, -0.05) is 41.5 Å². The molecule has 2 aromatic carbocycles. The smallest absolute Gasteiger partial charge is 0.435 e. The fourth-order valence-corrected chi connectivity index (χ4v) is 3.05. The molecule has 0 radical (unpaired) electrons. The fraction of sp³-hybridized carbons (Fsp3) is 0.316. The number of alkyl halides is 6. The molecule has 0 aromatic heterocycles. The Bertz CT molecular complexity index is 1030. The van der Waals surface area contributed by atoms with Crippen molar-refractivity contribution in [1.82, 2.24) is 9.96 Å². The second-order valence-electron chi connectivity index (χ2n) is 6.65. The van der Waals surface area contributed by atoms with E-state index >= 15 is 0 Å². The second-order valence-corrected chi connectivity index (χ2v) is 6.65. The fourth-order valence-electron chi connectivity index (χ4n) is 3.05. The van der Waals surface area contributed by atoms with Gasteiger partial charge in [0.15, 0.2) is 0 Å². The number of amides is 1. The van der Waals surface area contributed by atoms with Crippen molar-refractivity contribution < 1.29 is 50.3 Å². The lowest BCUT2D eigenvalue weighted by molar-refractivity contribution is -0.285. The summed E-state index contributed by atoms with van der Waals surface area (Å²) in [6, 6.07) is 11.6. The molecule has 13 heteroatoms. The third kappa shape index (κ3) is 5.10. The van der Waals surface area contributed by atoms with Crippen LogP contribution >= 0.6 is 0 Å². The molecule has 1 saturated heterocycles. The summed E-state index contributed by atoms with van der Waals surface area (Å²) in [5.41, 5.74) is 0.185. The Morgan fingerprint density at radius 2 is 1.47 bits per heavy atom. The zero-order valence-electron chi connectivity index (χ0n) is 15.9. The Hall–Kier alpha value is -3.35. The van der Waals surface area contributed by atoms with E-state index in [4.69, 9.17) is 0 Å². The molecule has 0 saturated carbocycles. The number of piperazine rings is 1. The third-order valence-electron chi connectivity index (χ3n) is 4.50. The van der Waals surface area contributed by atoms with Crippen LogP contribution in [0.5, 0.6) is 0 Å². The zero-order chi connectivity index (χ0) is 23.7. The summed E-state index contributed by atoms with van der Waals surface area (Å²) in [5.74, 6) is -6.08. The van der Waals surface area contributed by atoms with Crippen LogP contribution in [0.2, 0.25) is 0 Å². The first kappa shape index (κ1) is 23.3. The Balaban J connectivity index is 1.85. The Morgan fingerprint density at radius 1 is 0.844 bits per heavy atom. The first-order chi connectivity index (χ1) is 14.9. The van der Waals surface area contributed by atoms with Gasteiger partial charge in [0.05, 0.1) is 13.1 Å². The van der Waals surface area contributed by atoms with Gasteiger partial charge in [0.2, 0.25) is 6.23 Å². The van der Waals surface area contributed by atoms with E-state index in [-0.39, 0.29) is 17.2 Å². The van der Waals surface area contributed by atoms with E-state index in [0.29, 0.717) is 10.8 Å². The molecule has 0 aliphatic carbocycles. The molecule has 172 valence electrons. The summed E-state index contributed by atoms with van der Waals surface area (Å²) in [4.78, 5) is 40.4. The molecule has 32 heavy (non-hydrogen) atoms. The van der Waals surface area contributed by atoms with Crippen LogP contribution in [0.1, 0.15) is 10.4 Å². The van der Waals surface area contributed by atoms with Crippen molar-refractivity contribution in [2.24, 2.45) is 0 Å². The third-order valence-corrected chi connectivity index (χ3v) is 4.50.